The van der Waals surface area contributed by atoms with Crippen molar-refractivity contribution in [1.29, 1.82) is 0 Å². The van der Waals surface area contributed by atoms with Crippen LogP contribution in [0.25, 0.3) is 0 Å². The van der Waals surface area contributed by atoms with Crippen molar-refractivity contribution >= 4 is 5.97 Å². The number of hydrogen-bond acceptors (Lipinski definition) is 5. The van der Waals surface area contributed by atoms with Gasteiger partial charge in [0.15, 0.2) is 0 Å². The molecule has 7 heteroatoms. The molecule has 0 radical (unpaired) electrons. The molecule has 5 atom stereocenters. The molecule has 0 unspecified atom stereocenters. The number of hydrogen-bond donors (Lipinski definition) is 3. The Morgan fingerprint density at radius 2 is 1.93 bits per heavy atom. The van der Waals surface area contributed by atoms with E-state index in [0.717, 1.165) is 5.56 Å². The molecule has 2 aliphatic rings. The summed E-state index contributed by atoms with van der Waals surface area (Å²) in [6.45, 7) is 1.64. The van der Waals surface area contributed by atoms with Crippen molar-refractivity contribution in [2.45, 2.75) is 61.9 Å². The molecular formula is C23H27NO6. The van der Waals surface area contributed by atoms with Gasteiger partial charge in [0.2, 0.25) is 0 Å². The molecule has 2 aromatic rings. The van der Waals surface area contributed by atoms with Crippen LogP contribution < -0.4 is 5.56 Å². The van der Waals surface area contributed by atoms with Gasteiger partial charge in [-0.05, 0) is 50.2 Å². The maximum atomic E-state index is 12.6. The normalized spacial score (nSPS) is 33.6. The van der Waals surface area contributed by atoms with E-state index in [4.69, 9.17) is 4.74 Å². The van der Waals surface area contributed by atoms with Crippen molar-refractivity contribution in [3.05, 3.63) is 70.1 Å². The Kier molecular flexibility index (Phi) is 5.30. The van der Waals surface area contributed by atoms with Gasteiger partial charge in [0.05, 0.1) is 29.4 Å². The number of carboxylic acid groups (broad SMARTS) is 1. The molecule has 7 nitrogen and oxygen atoms in total. The summed E-state index contributed by atoms with van der Waals surface area (Å²) in [4.78, 5) is 24.0. The zero-order chi connectivity index (χ0) is 21.5. The van der Waals surface area contributed by atoms with Gasteiger partial charge in [0.1, 0.15) is 6.10 Å². The minimum absolute atomic E-state index is 0.0147. The molecule has 160 valence electrons. The van der Waals surface area contributed by atoms with E-state index in [1.54, 1.807) is 0 Å². The smallest absolute Gasteiger partial charge is 0.337 e. The highest BCUT2D eigenvalue weighted by Gasteiger charge is 2.55. The SMILES string of the molecule is C[C@@]12C[C@@H](c3ccccc3)C[C@@](CO)(CC[C@@H](n3cc(C(=O)O)ccc3=O)[C@@H]1O)O2. The van der Waals surface area contributed by atoms with Crippen LogP contribution in [-0.4, -0.2) is 49.8 Å². The fourth-order valence-corrected chi connectivity index (χ4v) is 5.22. The molecule has 3 N–H and O–H groups in total. The van der Waals surface area contributed by atoms with Crippen LogP contribution in [-0.2, 0) is 4.74 Å². The second kappa shape index (κ2) is 7.65. The Morgan fingerprint density at radius 3 is 2.60 bits per heavy atom. The topological polar surface area (TPSA) is 109 Å². The van der Waals surface area contributed by atoms with Gasteiger partial charge in [0, 0.05) is 12.3 Å². The van der Waals surface area contributed by atoms with Crippen LogP contribution in [0.5, 0.6) is 0 Å². The summed E-state index contributed by atoms with van der Waals surface area (Å²) >= 11 is 0. The van der Waals surface area contributed by atoms with E-state index in [9.17, 15) is 24.9 Å². The molecule has 2 fully saturated rings. The number of benzene rings is 1. The number of carboxylic acids is 1. The lowest BCUT2D eigenvalue weighted by molar-refractivity contribution is -0.231. The predicted molar refractivity (Wildman–Crippen MR) is 110 cm³/mol. The van der Waals surface area contributed by atoms with Gasteiger partial charge < -0.3 is 24.6 Å². The Morgan fingerprint density at radius 1 is 1.20 bits per heavy atom. The van der Waals surface area contributed by atoms with Crippen molar-refractivity contribution in [2.75, 3.05) is 6.61 Å². The van der Waals surface area contributed by atoms with Crippen LogP contribution in [0.3, 0.4) is 0 Å². The van der Waals surface area contributed by atoms with Gasteiger partial charge in [0.25, 0.3) is 5.56 Å². The highest BCUT2D eigenvalue weighted by Crippen LogP contribution is 2.51. The van der Waals surface area contributed by atoms with Crippen molar-refractivity contribution in [3.63, 3.8) is 0 Å². The first-order chi connectivity index (χ1) is 14.3. The van der Waals surface area contributed by atoms with E-state index in [0.29, 0.717) is 25.7 Å². The third-order valence-electron chi connectivity index (χ3n) is 6.71. The predicted octanol–water partition coefficient (Wildman–Crippen LogP) is 2.33. The first-order valence-electron chi connectivity index (χ1n) is 10.3. The lowest BCUT2D eigenvalue weighted by Gasteiger charge is -2.49. The summed E-state index contributed by atoms with van der Waals surface area (Å²) in [5.74, 6) is -1.04. The number of pyridine rings is 1. The number of aliphatic hydroxyl groups is 2. The van der Waals surface area contributed by atoms with E-state index < -0.39 is 29.3 Å². The van der Waals surface area contributed by atoms with Crippen LogP contribution in [0.1, 0.15) is 60.5 Å². The number of nitrogens with zero attached hydrogens (tertiary/aromatic N) is 1. The summed E-state index contributed by atoms with van der Waals surface area (Å²) in [5, 5.41) is 31.0. The van der Waals surface area contributed by atoms with Crippen molar-refractivity contribution in [2.24, 2.45) is 0 Å². The van der Waals surface area contributed by atoms with Gasteiger partial charge in [-0.3, -0.25) is 4.79 Å². The third-order valence-corrected chi connectivity index (χ3v) is 6.71. The Hall–Kier alpha value is -2.48. The van der Waals surface area contributed by atoms with Gasteiger partial charge in [-0.25, -0.2) is 4.79 Å². The van der Waals surface area contributed by atoms with Crippen molar-refractivity contribution in [3.8, 4) is 0 Å². The molecule has 2 aliphatic heterocycles. The van der Waals surface area contributed by atoms with Crippen LogP contribution in [0.4, 0.5) is 0 Å². The first kappa shape index (κ1) is 20.8. The molecule has 2 saturated heterocycles. The number of aromatic nitrogens is 1. The van der Waals surface area contributed by atoms with Gasteiger partial charge in [-0.1, -0.05) is 30.3 Å². The minimum Gasteiger partial charge on any atom is -0.478 e. The summed E-state index contributed by atoms with van der Waals surface area (Å²) in [7, 11) is 0. The Labute approximate surface area is 174 Å². The molecule has 4 rings (SSSR count). The molecule has 2 bridgehead atoms. The fourth-order valence-electron chi connectivity index (χ4n) is 5.22. The van der Waals surface area contributed by atoms with Crippen molar-refractivity contribution < 1.29 is 24.9 Å². The largest absolute Gasteiger partial charge is 0.478 e. The van der Waals surface area contributed by atoms with Crippen LogP contribution in [0, 0.1) is 0 Å². The average Bonchev–Trinajstić information content (AvgIpc) is 2.81. The molecule has 0 amide bonds. The second-order valence-corrected chi connectivity index (χ2v) is 8.79. The lowest BCUT2D eigenvalue weighted by atomic mass is 9.74. The third kappa shape index (κ3) is 3.57. The van der Waals surface area contributed by atoms with E-state index in [2.05, 4.69) is 0 Å². The highest BCUT2D eigenvalue weighted by atomic mass is 16.5. The maximum absolute atomic E-state index is 12.6. The van der Waals surface area contributed by atoms with E-state index in [-0.39, 0.29) is 23.6 Å². The summed E-state index contributed by atoms with van der Waals surface area (Å²) in [6, 6.07) is 11.8. The van der Waals surface area contributed by atoms with Crippen LogP contribution in [0.15, 0.2) is 53.5 Å². The van der Waals surface area contributed by atoms with Gasteiger partial charge in [-0.2, -0.15) is 0 Å². The summed E-state index contributed by atoms with van der Waals surface area (Å²) in [6.07, 6.45) is 2.24. The standard InChI is InChI=1S/C23H27NO6/c1-22-11-17(15-5-3-2-4-6-15)12-23(14-25,30-22)10-9-18(20(22)27)24-13-16(21(28)29)7-8-19(24)26/h2-8,13,17-18,20,25,27H,9-12,14H2,1H3,(H,28,29)/t17-,18-,20+,22-,23-/m1/s1. The lowest BCUT2D eigenvalue weighted by Crippen LogP contribution is -2.56. The molecule has 30 heavy (non-hydrogen) atoms. The molecular weight excluding hydrogens is 386 g/mol. The summed E-state index contributed by atoms with van der Waals surface area (Å²) in [5.41, 5.74) is -1.08. The zero-order valence-corrected chi connectivity index (χ0v) is 16.9. The Balaban J connectivity index is 1.76. The molecule has 0 saturated carbocycles. The minimum atomic E-state index is -1.14. The zero-order valence-electron chi connectivity index (χ0n) is 16.9. The molecule has 0 spiro atoms. The highest BCUT2D eigenvalue weighted by molar-refractivity contribution is 5.87. The monoisotopic (exact) mass is 413 g/mol. The Bertz CT molecular complexity index is 989. The second-order valence-electron chi connectivity index (χ2n) is 8.79. The maximum Gasteiger partial charge on any atom is 0.337 e. The molecule has 0 aliphatic carbocycles. The van der Waals surface area contributed by atoms with Crippen molar-refractivity contribution in [1.82, 2.24) is 4.57 Å². The fraction of sp³-hybridized carbons (Fsp3) is 0.478. The number of aromatic carboxylic acids is 1. The average molecular weight is 413 g/mol. The quantitative estimate of drug-likeness (QED) is 0.710. The van der Waals surface area contributed by atoms with E-state index >= 15 is 0 Å². The van der Waals surface area contributed by atoms with Gasteiger partial charge in [-0.15, -0.1) is 0 Å². The van der Waals surface area contributed by atoms with E-state index in [1.165, 1.54) is 22.9 Å². The molecule has 1 aromatic carbocycles. The van der Waals surface area contributed by atoms with Gasteiger partial charge >= 0.3 is 5.97 Å². The number of aliphatic hydroxyl groups excluding tert-OH is 2. The number of ether oxygens (including phenoxy) is 1. The molecule has 1 aromatic heterocycles. The van der Waals surface area contributed by atoms with Crippen LogP contribution in [0.2, 0.25) is 0 Å². The van der Waals surface area contributed by atoms with E-state index in [1.807, 2.05) is 37.3 Å². The number of fused-ring (bicyclic) bond motifs is 2. The number of rotatable bonds is 4. The number of carbonyl (C=O) groups is 1. The summed E-state index contributed by atoms with van der Waals surface area (Å²) < 4.78 is 7.68. The first-order valence-corrected chi connectivity index (χ1v) is 10.3. The molecule has 3 heterocycles. The van der Waals surface area contributed by atoms with Crippen LogP contribution >= 0.6 is 0 Å².